The van der Waals surface area contributed by atoms with E-state index in [1.165, 1.54) is 5.56 Å². The third-order valence-corrected chi connectivity index (χ3v) is 3.62. The summed E-state index contributed by atoms with van der Waals surface area (Å²) in [7, 11) is 3.63. The highest BCUT2D eigenvalue weighted by Gasteiger charge is 2.10. The number of aryl methyl sites for hydroxylation is 1. The van der Waals surface area contributed by atoms with Crippen LogP contribution in [0.15, 0.2) is 45.8 Å². The topological polar surface area (TPSA) is 93.1 Å². The summed E-state index contributed by atoms with van der Waals surface area (Å²) in [4.78, 5) is 17.2. The minimum Gasteiger partial charge on any atom is -0.492 e. The molecule has 0 bridgehead atoms. The van der Waals surface area contributed by atoms with E-state index in [0.29, 0.717) is 31.4 Å². The predicted octanol–water partition coefficient (Wildman–Crippen LogP) is 2.39. The van der Waals surface area contributed by atoms with E-state index in [4.69, 9.17) is 14.9 Å². The monoisotopic (exact) mass is 472 g/mol. The van der Waals surface area contributed by atoms with Gasteiger partial charge in [-0.3, -0.25) is 9.79 Å². The highest BCUT2D eigenvalue weighted by atomic mass is 127. The number of carbonyl (C=O) groups excluding carboxylic acids is 1. The molecule has 0 saturated heterocycles. The first kappa shape index (κ1) is 21.8. The molecule has 142 valence electrons. The first-order chi connectivity index (χ1) is 12.0. The number of guanidine groups is 1. The van der Waals surface area contributed by atoms with Crippen molar-refractivity contribution in [3.8, 4) is 5.75 Å². The van der Waals surface area contributed by atoms with Gasteiger partial charge in [0, 0.05) is 14.1 Å². The number of carbonyl (C=O) groups is 1. The number of hydrogen-bond donors (Lipinski definition) is 2. The summed E-state index contributed by atoms with van der Waals surface area (Å²) in [5.74, 6) is 1.72. The number of ether oxygens (including phenoxy) is 1. The van der Waals surface area contributed by atoms with E-state index in [0.717, 1.165) is 5.75 Å². The van der Waals surface area contributed by atoms with Gasteiger partial charge in [-0.15, -0.1) is 24.0 Å². The second kappa shape index (κ2) is 10.7. The lowest BCUT2D eigenvalue weighted by atomic mass is 10.2. The summed E-state index contributed by atoms with van der Waals surface area (Å²) >= 11 is 0. The van der Waals surface area contributed by atoms with Gasteiger partial charge >= 0.3 is 0 Å². The van der Waals surface area contributed by atoms with Crippen LogP contribution >= 0.6 is 24.0 Å². The molecule has 0 atom stereocenters. The fourth-order valence-corrected chi connectivity index (χ4v) is 2.20. The molecule has 2 rings (SSSR count). The van der Waals surface area contributed by atoms with E-state index < -0.39 is 5.91 Å². The number of rotatable bonds is 7. The molecule has 0 aliphatic carbocycles. The van der Waals surface area contributed by atoms with Crippen molar-refractivity contribution in [2.75, 3.05) is 27.2 Å². The maximum atomic E-state index is 11.0. The van der Waals surface area contributed by atoms with Crippen LogP contribution in [0, 0.1) is 6.92 Å². The first-order valence-corrected chi connectivity index (χ1v) is 7.99. The Balaban J connectivity index is 0.00000338. The van der Waals surface area contributed by atoms with Gasteiger partial charge in [0.25, 0.3) is 5.91 Å². The predicted molar refractivity (Wildman–Crippen MR) is 112 cm³/mol. The summed E-state index contributed by atoms with van der Waals surface area (Å²) in [6, 6.07) is 11.2. The van der Waals surface area contributed by atoms with E-state index in [9.17, 15) is 4.79 Å². The van der Waals surface area contributed by atoms with Crippen LogP contribution in [0.1, 0.15) is 21.9 Å². The zero-order chi connectivity index (χ0) is 18.2. The molecule has 7 nitrogen and oxygen atoms in total. The van der Waals surface area contributed by atoms with E-state index in [2.05, 4.69) is 10.3 Å². The van der Waals surface area contributed by atoms with Crippen molar-refractivity contribution in [1.29, 1.82) is 0 Å². The number of likely N-dealkylation sites (N-methyl/N-ethyl adjacent to an activating group) is 1. The number of benzene rings is 1. The number of amides is 1. The highest BCUT2D eigenvalue weighted by molar-refractivity contribution is 14.0. The van der Waals surface area contributed by atoms with Crippen LogP contribution in [0.25, 0.3) is 0 Å². The zero-order valence-electron chi connectivity index (χ0n) is 15.2. The van der Waals surface area contributed by atoms with Crippen molar-refractivity contribution >= 4 is 35.8 Å². The van der Waals surface area contributed by atoms with Crippen LogP contribution in [0.2, 0.25) is 0 Å². The summed E-state index contributed by atoms with van der Waals surface area (Å²) in [6.07, 6.45) is 0. The molecule has 1 aromatic carbocycles. The van der Waals surface area contributed by atoms with E-state index in [1.54, 1.807) is 19.2 Å². The van der Waals surface area contributed by atoms with Crippen molar-refractivity contribution in [3.05, 3.63) is 53.5 Å². The highest BCUT2D eigenvalue weighted by Crippen LogP contribution is 2.11. The second-order valence-electron chi connectivity index (χ2n) is 5.61. The summed E-state index contributed by atoms with van der Waals surface area (Å²) in [5.41, 5.74) is 6.37. The van der Waals surface area contributed by atoms with Gasteiger partial charge in [0.2, 0.25) is 0 Å². The van der Waals surface area contributed by atoms with Crippen molar-refractivity contribution < 1.29 is 13.9 Å². The average Bonchev–Trinajstić information content (AvgIpc) is 3.06. The third kappa shape index (κ3) is 6.58. The Kier molecular flexibility index (Phi) is 8.97. The quantitative estimate of drug-likeness (QED) is 0.367. The number of hydrogen-bond acceptors (Lipinski definition) is 4. The van der Waals surface area contributed by atoms with Crippen LogP contribution in [-0.4, -0.2) is 44.0 Å². The Labute approximate surface area is 170 Å². The van der Waals surface area contributed by atoms with Crippen molar-refractivity contribution in [2.24, 2.45) is 10.7 Å². The lowest BCUT2D eigenvalue weighted by molar-refractivity contribution is 0.0972. The Morgan fingerprint density at radius 2 is 1.96 bits per heavy atom. The lowest BCUT2D eigenvalue weighted by Crippen LogP contribution is -2.40. The molecule has 0 aliphatic rings. The van der Waals surface area contributed by atoms with Crippen molar-refractivity contribution in [3.63, 3.8) is 0 Å². The van der Waals surface area contributed by atoms with Gasteiger partial charge in [-0.25, -0.2) is 0 Å². The normalized spacial score (nSPS) is 10.8. The van der Waals surface area contributed by atoms with Gasteiger partial charge < -0.3 is 25.1 Å². The molecule has 0 unspecified atom stereocenters. The molecule has 0 radical (unpaired) electrons. The van der Waals surface area contributed by atoms with Gasteiger partial charge in [-0.05, 0) is 31.2 Å². The fraction of sp³-hybridized carbons (Fsp3) is 0.333. The summed E-state index contributed by atoms with van der Waals surface area (Å²) in [6.45, 7) is 3.65. The van der Waals surface area contributed by atoms with Crippen molar-refractivity contribution in [1.82, 2.24) is 10.2 Å². The molecule has 2 aromatic rings. The average molecular weight is 472 g/mol. The summed E-state index contributed by atoms with van der Waals surface area (Å²) in [5, 5.41) is 3.17. The standard InChI is InChI=1S/C18H24N4O3.HI/c1-13-4-6-14(7-5-13)24-11-10-22(3)18(20-2)21-12-15-8-9-16(25-15)17(19)23;/h4-9H,10-12H2,1-3H3,(H2,19,23)(H,20,21);1H. The minimum absolute atomic E-state index is 0. The molecular weight excluding hydrogens is 447 g/mol. The fourth-order valence-electron chi connectivity index (χ4n) is 2.20. The Hall–Kier alpha value is -2.23. The number of aliphatic imine (C=N–C) groups is 1. The van der Waals surface area contributed by atoms with Crippen LogP contribution in [0.3, 0.4) is 0 Å². The maximum Gasteiger partial charge on any atom is 0.284 e. The number of halogens is 1. The Morgan fingerprint density at radius 1 is 1.27 bits per heavy atom. The molecule has 0 fully saturated rings. The first-order valence-electron chi connectivity index (χ1n) is 7.99. The molecule has 0 saturated carbocycles. The number of nitrogens with one attached hydrogen (secondary N) is 1. The molecule has 8 heteroatoms. The third-order valence-electron chi connectivity index (χ3n) is 3.62. The number of primary amides is 1. The number of furan rings is 1. The minimum atomic E-state index is -0.582. The van der Waals surface area contributed by atoms with Crippen LogP contribution < -0.4 is 15.8 Å². The molecule has 0 spiro atoms. The summed E-state index contributed by atoms with van der Waals surface area (Å²) < 4.78 is 11.1. The van der Waals surface area contributed by atoms with Gasteiger partial charge in [-0.1, -0.05) is 17.7 Å². The molecule has 0 aliphatic heterocycles. The van der Waals surface area contributed by atoms with E-state index in [1.807, 2.05) is 43.1 Å². The molecule has 3 N–H and O–H groups in total. The van der Waals surface area contributed by atoms with Gasteiger partial charge in [-0.2, -0.15) is 0 Å². The molecular formula is C18H25IN4O3. The van der Waals surface area contributed by atoms with Crippen LogP contribution in [-0.2, 0) is 6.54 Å². The Bertz CT molecular complexity index is 728. The SMILES string of the molecule is CN=C(NCc1ccc(C(N)=O)o1)N(C)CCOc1ccc(C)cc1.I. The van der Waals surface area contributed by atoms with Gasteiger partial charge in [0.1, 0.15) is 18.1 Å². The molecule has 1 aromatic heterocycles. The molecule has 26 heavy (non-hydrogen) atoms. The van der Waals surface area contributed by atoms with Gasteiger partial charge in [0.05, 0.1) is 13.1 Å². The zero-order valence-corrected chi connectivity index (χ0v) is 17.5. The lowest BCUT2D eigenvalue weighted by Gasteiger charge is -2.21. The Morgan fingerprint density at radius 3 is 2.54 bits per heavy atom. The van der Waals surface area contributed by atoms with Crippen LogP contribution in [0.5, 0.6) is 5.75 Å². The van der Waals surface area contributed by atoms with Crippen LogP contribution in [0.4, 0.5) is 0 Å². The van der Waals surface area contributed by atoms with E-state index >= 15 is 0 Å². The molecule has 1 heterocycles. The molecule has 1 amide bonds. The number of nitrogens with two attached hydrogens (primary N) is 1. The van der Waals surface area contributed by atoms with E-state index in [-0.39, 0.29) is 29.7 Å². The second-order valence-corrected chi connectivity index (χ2v) is 5.61. The smallest absolute Gasteiger partial charge is 0.284 e. The number of nitrogens with zero attached hydrogens (tertiary/aromatic N) is 2. The van der Waals surface area contributed by atoms with Gasteiger partial charge in [0.15, 0.2) is 11.7 Å². The maximum absolute atomic E-state index is 11.0. The largest absolute Gasteiger partial charge is 0.492 e. The van der Waals surface area contributed by atoms with Crippen molar-refractivity contribution in [2.45, 2.75) is 13.5 Å².